The monoisotopic (exact) mass is 2150 g/mol. The Morgan fingerprint density at radius 1 is 0.435 bits per heavy atom. The summed E-state index contributed by atoms with van der Waals surface area (Å²) in [7, 11) is -2.91. The molecule has 818 valence electrons. The molecule has 5 saturated carbocycles. The van der Waals surface area contributed by atoms with Gasteiger partial charge in [-0.3, -0.25) is 9.59 Å². The number of esters is 3. The smallest absolute Gasteiger partial charge is 0.335 e. The van der Waals surface area contributed by atoms with E-state index in [9.17, 15) is 31.2 Å². The van der Waals surface area contributed by atoms with E-state index in [-0.39, 0.29) is 34.8 Å². The number of carbonyl (C=O) groups excluding carboxylic acids is 3. The fourth-order valence-electron chi connectivity index (χ4n) is 19.8. The molecule has 9 fully saturated rings. The summed E-state index contributed by atoms with van der Waals surface area (Å²) in [6.07, 6.45) is 27.9. The highest BCUT2D eigenvalue weighted by atomic mass is 32.2. The molecule has 8 aromatic carbocycles. The van der Waals surface area contributed by atoms with Crippen molar-refractivity contribution in [2.75, 3.05) is 165 Å². The molecule has 0 radical (unpaired) electrons. The maximum absolute atomic E-state index is 12.8. The molecule has 4 aliphatic heterocycles. The molecule has 20 nitrogen and oxygen atoms in total. The first kappa shape index (κ1) is 124. The van der Waals surface area contributed by atoms with E-state index in [0.29, 0.717) is 82.0 Å². The van der Waals surface area contributed by atoms with Gasteiger partial charge in [-0.15, -0.1) is 6.58 Å². The van der Waals surface area contributed by atoms with Crippen LogP contribution in [0.2, 0.25) is 0 Å². The first-order valence-electron chi connectivity index (χ1n) is 54.9. The van der Waals surface area contributed by atoms with Gasteiger partial charge >= 0.3 is 17.9 Å². The first-order chi connectivity index (χ1) is 70.5. The van der Waals surface area contributed by atoms with Gasteiger partial charge in [0.05, 0.1) is 110 Å². The average molecular weight is 2150 g/mol. The lowest BCUT2D eigenvalue weighted by Crippen LogP contribution is -2.53. The van der Waals surface area contributed by atoms with Gasteiger partial charge in [-0.05, 0) is 232 Å². The molecule has 5 aliphatic carbocycles. The molecule has 26 heteroatoms. The Bertz CT molecular complexity index is 5020. The molecule has 4 heterocycles. The quantitative estimate of drug-likeness (QED) is 0.00872. The topological polar surface area (TPSA) is 239 Å². The highest BCUT2D eigenvalue weighted by Gasteiger charge is 2.54. The fourth-order valence-corrected chi connectivity index (χ4v) is 29.3. The highest BCUT2D eigenvalue weighted by molar-refractivity contribution is 7.98. The third-order valence-electron chi connectivity index (χ3n) is 29.2. The summed E-state index contributed by atoms with van der Waals surface area (Å²) in [5.41, 5.74) is -2.02. The third-order valence-corrected chi connectivity index (χ3v) is 41.8. The largest absolute Gasteiger partial charge is 0.493 e. The zero-order valence-corrected chi connectivity index (χ0v) is 97.6. The molecular weight excluding hydrogens is 1970 g/mol. The van der Waals surface area contributed by atoms with Crippen molar-refractivity contribution in [3.63, 3.8) is 0 Å². The molecule has 4 saturated heterocycles. The first-order valence-corrected chi connectivity index (χ1v) is 65.0. The van der Waals surface area contributed by atoms with E-state index in [1.807, 2.05) is 41.5 Å². The van der Waals surface area contributed by atoms with Crippen LogP contribution in [0.15, 0.2) is 178 Å². The van der Waals surface area contributed by atoms with Crippen molar-refractivity contribution in [1.82, 2.24) is 0 Å². The number of sulfone groups is 2. The Balaban J connectivity index is 0.000000190. The summed E-state index contributed by atoms with van der Waals surface area (Å²) in [5, 5.41) is 9.83. The van der Waals surface area contributed by atoms with Crippen LogP contribution in [0, 0.1) is 40.4 Å². The van der Waals surface area contributed by atoms with E-state index in [1.54, 1.807) is 20.8 Å². The summed E-state index contributed by atoms with van der Waals surface area (Å²) >= 11 is 0. The van der Waals surface area contributed by atoms with Crippen LogP contribution in [0.5, 0.6) is 23.0 Å². The molecule has 17 rings (SSSR count). The fraction of sp³-hybridized carbons (Fsp3) is 0.628. The molecule has 0 aromatic heterocycles. The number of rotatable bonds is 38. The van der Waals surface area contributed by atoms with Crippen molar-refractivity contribution in [2.24, 2.45) is 40.4 Å². The normalized spacial score (nSPS) is 19.9. The zero-order valence-electron chi connectivity index (χ0n) is 92.7. The Kier molecular flexibility index (Phi) is 53.1. The van der Waals surface area contributed by atoms with Gasteiger partial charge in [0.15, 0.2) is 40.9 Å². The lowest BCUT2D eigenvalue weighted by Gasteiger charge is -2.55. The molecule has 147 heavy (non-hydrogen) atoms. The van der Waals surface area contributed by atoms with Gasteiger partial charge in [0.2, 0.25) is 0 Å². The van der Waals surface area contributed by atoms with E-state index in [1.165, 1.54) is 153 Å². The minimum Gasteiger partial charge on any atom is -0.493 e. The minimum atomic E-state index is -2.87. The lowest BCUT2D eigenvalue weighted by atomic mass is 9.54. The Morgan fingerprint density at radius 3 is 1.00 bits per heavy atom. The summed E-state index contributed by atoms with van der Waals surface area (Å²) in [4.78, 5) is 43.9. The van der Waals surface area contributed by atoms with E-state index >= 15 is 0 Å². The van der Waals surface area contributed by atoms with Gasteiger partial charge in [-0.25, -0.2) is 21.6 Å². The zero-order chi connectivity index (χ0) is 107. The van der Waals surface area contributed by atoms with Crippen LogP contribution in [0.25, 0.3) is 43.1 Å². The van der Waals surface area contributed by atoms with Crippen LogP contribution in [0.1, 0.15) is 252 Å². The van der Waals surface area contributed by atoms with Crippen molar-refractivity contribution in [1.29, 1.82) is 0 Å². The van der Waals surface area contributed by atoms with Gasteiger partial charge in [0, 0.05) is 106 Å². The van der Waals surface area contributed by atoms with Crippen LogP contribution in [0.4, 0.5) is 0 Å². The predicted molar refractivity (Wildman–Crippen MR) is 615 cm³/mol. The van der Waals surface area contributed by atoms with E-state index in [2.05, 4.69) is 201 Å². The number of fused-ring (bicyclic) bond motifs is 4. The van der Waals surface area contributed by atoms with Crippen LogP contribution in [-0.4, -0.2) is 227 Å². The van der Waals surface area contributed by atoms with Crippen LogP contribution in [-0.2, 0) is 120 Å². The molecule has 4 atom stereocenters. The van der Waals surface area contributed by atoms with Crippen molar-refractivity contribution in [3.05, 3.63) is 158 Å². The van der Waals surface area contributed by atoms with Crippen molar-refractivity contribution >= 4 is 124 Å². The molecular formula is C121H182O20S6+4. The minimum absolute atomic E-state index is 0.0391. The molecule has 0 spiro atoms. The summed E-state index contributed by atoms with van der Waals surface area (Å²) < 4.78 is 117. The van der Waals surface area contributed by atoms with Crippen LogP contribution >= 0.6 is 0 Å². The number of ether oxygens (including phenoxy) is 13. The van der Waals surface area contributed by atoms with E-state index in [4.69, 9.17) is 61.6 Å². The standard InChI is InChI=1S/C20H36O5.C18H30O3.4C18H23O2S.C6H14O2S.C5H10O2S/c1-6-20(7-2,8-3)25-18(22)19(4,15-23-5)17(21)24-14-16-12-10-9-11-13-16;1-12(20-11-17(2,3)4)16(19)21-18-8-13-5-14(9-18)7-15(6-13)10-18;4*1-2-3-10-20-17-8-9-18(21-13-11-19-12-14-21)16-7-5-4-6-15(16)17;1-5(2)6(3)9(4,7)8;1-4-5(2)8(3,6)7/h16H,6-15H2,1-5H3;12-15H,5-11H2,1-4H3;4*4-9H,2-3,10-14H2,1H3;5-6H,1-4H3;4-5H,1H2,2-3H3/q;;4*+1;;. The number of unbranched alkanes of at least 4 members (excludes halogenated alkanes) is 4. The van der Waals surface area contributed by atoms with Gasteiger partial charge in [0.25, 0.3) is 0 Å². The van der Waals surface area contributed by atoms with Crippen LogP contribution < -0.4 is 18.9 Å². The van der Waals surface area contributed by atoms with E-state index < -0.39 is 54.0 Å². The number of methoxy groups -OCH3 is 1. The Morgan fingerprint density at radius 2 is 0.748 bits per heavy atom. The van der Waals surface area contributed by atoms with Crippen molar-refractivity contribution < 1.29 is 92.8 Å². The highest BCUT2D eigenvalue weighted by Crippen LogP contribution is 2.57. The Hall–Kier alpha value is -6.79. The van der Waals surface area contributed by atoms with Gasteiger partial charge in [0.1, 0.15) is 90.1 Å². The molecule has 4 bridgehead atoms. The van der Waals surface area contributed by atoms with Crippen molar-refractivity contribution in [3.8, 4) is 23.0 Å². The number of hydrogen-bond acceptors (Lipinski definition) is 20. The molecule has 0 amide bonds. The second-order valence-electron chi connectivity index (χ2n) is 42.4. The maximum atomic E-state index is 12.8. The summed E-state index contributed by atoms with van der Waals surface area (Å²) in [6, 6.07) is 52.4. The summed E-state index contributed by atoms with van der Waals surface area (Å²) in [6.45, 7) is 46.3. The molecule has 0 N–H and O–H groups in total. The third kappa shape index (κ3) is 38.7. The van der Waals surface area contributed by atoms with Gasteiger partial charge in [-0.2, -0.15) is 0 Å². The molecule has 4 unspecified atom stereocenters. The lowest BCUT2D eigenvalue weighted by molar-refractivity contribution is -0.197. The Labute approximate surface area is 896 Å². The number of hydrogen-bond donors (Lipinski definition) is 0. The molecule has 9 aliphatic rings. The van der Waals surface area contributed by atoms with Gasteiger partial charge in [-0.1, -0.05) is 207 Å². The maximum Gasteiger partial charge on any atom is 0.335 e. The number of benzene rings is 8. The van der Waals surface area contributed by atoms with Gasteiger partial charge < -0.3 is 61.6 Å². The SMILES string of the molecule is C=CC(C)S(C)(=O)=O.CC(C)C(C)S(C)(=O)=O.CC(OCC(C)(C)C)C(=O)OC12CC3CC(CC(C3)C1)C2.CCC(CC)(CC)OC(=O)C(C)(COC)C(=O)OCC1CCCCC1.CCCCOc1ccc([S+]2CCOCC2)c2ccccc12.CCCCOc1ccc([S+]2CCOCC2)c2ccccc12.CCCCOc1ccc([S+]2CCOCC2)c2ccccc12.CCCCOc1ccc([S+]2CCOCC2)c2ccccc12. The van der Waals surface area contributed by atoms with Crippen LogP contribution in [0.3, 0.4) is 0 Å². The van der Waals surface area contributed by atoms with E-state index in [0.717, 1.165) is 224 Å². The average Bonchev–Trinajstić information content (AvgIpc) is 0.747. The summed E-state index contributed by atoms with van der Waals surface area (Å²) in [5.74, 6) is 15.1. The molecule has 8 aromatic rings. The predicted octanol–water partition coefficient (Wildman–Crippen LogP) is 26.0. The van der Waals surface area contributed by atoms with Crippen molar-refractivity contribution in [2.45, 2.75) is 299 Å². The second-order valence-corrected chi connectivity index (χ2v) is 56.1. The number of carbonyl (C=O) groups is 3. The second kappa shape index (κ2) is 63.1.